The second-order valence-corrected chi connectivity index (χ2v) is 5.85. The first-order valence-corrected chi connectivity index (χ1v) is 7.55. The Morgan fingerprint density at radius 2 is 1.21 bits per heavy atom. The molecule has 0 aromatic carbocycles. The molecule has 0 saturated heterocycles. The van der Waals surface area contributed by atoms with Crippen LogP contribution in [0.1, 0.15) is 22.3 Å². The molecule has 2 aromatic heterocycles. The van der Waals surface area contributed by atoms with Gasteiger partial charge < -0.3 is 4.74 Å². The summed E-state index contributed by atoms with van der Waals surface area (Å²) in [5, 5.41) is 7.67. The first-order chi connectivity index (χ1) is 9.09. The number of aryl methyl sites for hydroxylation is 2. The van der Waals surface area contributed by atoms with Crippen molar-refractivity contribution < 1.29 is 14.3 Å². The van der Waals surface area contributed by atoms with E-state index in [1.807, 2.05) is 35.4 Å². The Labute approximate surface area is 118 Å². The molecule has 3 rings (SSSR count). The van der Waals surface area contributed by atoms with Gasteiger partial charge >= 0.3 is 11.9 Å². The van der Waals surface area contributed by atoms with E-state index in [9.17, 15) is 9.59 Å². The molecule has 3 heterocycles. The molecule has 1 aliphatic rings. The summed E-state index contributed by atoms with van der Waals surface area (Å²) >= 11 is 3.02. The largest absolute Gasteiger partial charge is 0.386 e. The van der Waals surface area contributed by atoms with Crippen LogP contribution in [0, 0.1) is 13.8 Å². The van der Waals surface area contributed by atoms with Crippen LogP contribution in [0.25, 0.3) is 11.1 Å². The van der Waals surface area contributed by atoms with Crippen molar-refractivity contribution >= 4 is 45.8 Å². The molecule has 96 valence electrons. The van der Waals surface area contributed by atoms with Gasteiger partial charge in [-0.1, -0.05) is 0 Å². The monoisotopic (exact) mass is 290 g/mol. The van der Waals surface area contributed by atoms with Crippen LogP contribution in [-0.4, -0.2) is 11.9 Å². The molecule has 0 radical (unpaired) electrons. The third-order valence-corrected chi connectivity index (χ3v) is 4.82. The molecular weight excluding hydrogens is 280 g/mol. The number of cyclic esters (lactones) is 2. The van der Waals surface area contributed by atoms with E-state index in [4.69, 9.17) is 4.74 Å². The Morgan fingerprint density at radius 1 is 0.789 bits per heavy atom. The van der Waals surface area contributed by atoms with Crippen molar-refractivity contribution in [1.82, 2.24) is 0 Å². The lowest BCUT2D eigenvalue weighted by Crippen LogP contribution is -2.02. The molecule has 0 N–H and O–H groups in total. The van der Waals surface area contributed by atoms with E-state index in [-0.39, 0.29) is 0 Å². The molecule has 2 aromatic rings. The molecule has 0 saturated carbocycles. The highest BCUT2D eigenvalue weighted by Gasteiger charge is 2.36. The topological polar surface area (TPSA) is 43.4 Å². The quantitative estimate of drug-likeness (QED) is 0.629. The normalized spacial score (nSPS) is 15.3. The van der Waals surface area contributed by atoms with Crippen molar-refractivity contribution in [3.05, 3.63) is 43.8 Å². The molecule has 0 amide bonds. The molecule has 5 heteroatoms. The van der Waals surface area contributed by atoms with E-state index in [1.165, 1.54) is 22.7 Å². The summed E-state index contributed by atoms with van der Waals surface area (Å²) in [6.07, 6.45) is 0. The lowest BCUT2D eigenvalue weighted by molar-refractivity contribution is -0.149. The second-order valence-electron chi connectivity index (χ2n) is 4.36. The Kier molecular flexibility index (Phi) is 2.88. The second kappa shape index (κ2) is 4.43. The van der Waals surface area contributed by atoms with E-state index in [1.54, 1.807) is 0 Å². The average molecular weight is 290 g/mol. The molecule has 0 atom stereocenters. The number of hydrogen-bond acceptors (Lipinski definition) is 5. The molecule has 0 spiro atoms. The lowest BCUT2D eigenvalue weighted by atomic mass is 9.96. The van der Waals surface area contributed by atoms with Crippen molar-refractivity contribution in [2.45, 2.75) is 13.8 Å². The van der Waals surface area contributed by atoms with Crippen molar-refractivity contribution in [3.8, 4) is 0 Å². The summed E-state index contributed by atoms with van der Waals surface area (Å²) in [5.74, 6) is -1.10. The zero-order valence-electron chi connectivity index (χ0n) is 10.4. The first-order valence-electron chi connectivity index (χ1n) is 5.66. The van der Waals surface area contributed by atoms with Gasteiger partial charge in [0, 0.05) is 11.1 Å². The smallest absolute Gasteiger partial charge is 0.347 e. The maximum Gasteiger partial charge on any atom is 0.347 e. The van der Waals surface area contributed by atoms with Crippen molar-refractivity contribution in [2.24, 2.45) is 0 Å². The Hall–Kier alpha value is -1.72. The highest BCUT2D eigenvalue weighted by molar-refractivity contribution is 7.08. The van der Waals surface area contributed by atoms with Gasteiger partial charge in [-0.15, -0.1) is 0 Å². The zero-order valence-corrected chi connectivity index (χ0v) is 12.0. The van der Waals surface area contributed by atoms with Gasteiger partial charge in [0.05, 0.1) is 11.1 Å². The van der Waals surface area contributed by atoms with Crippen molar-refractivity contribution in [3.63, 3.8) is 0 Å². The predicted octanol–water partition coefficient (Wildman–Crippen LogP) is 3.42. The summed E-state index contributed by atoms with van der Waals surface area (Å²) in [4.78, 5) is 23.9. The van der Waals surface area contributed by atoms with Gasteiger partial charge in [0.2, 0.25) is 0 Å². The van der Waals surface area contributed by atoms with Crippen molar-refractivity contribution in [2.75, 3.05) is 0 Å². The van der Waals surface area contributed by atoms with Gasteiger partial charge in [0.15, 0.2) is 0 Å². The van der Waals surface area contributed by atoms with E-state index >= 15 is 0 Å². The fourth-order valence-electron chi connectivity index (χ4n) is 2.11. The number of esters is 2. The highest BCUT2D eigenvalue weighted by atomic mass is 32.1. The third-order valence-electron chi connectivity index (χ3n) is 3.09. The summed E-state index contributed by atoms with van der Waals surface area (Å²) < 4.78 is 4.80. The minimum atomic E-state index is -0.549. The van der Waals surface area contributed by atoms with Crippen LogP contribution in [0.4, 0.5) is 0 Å². The van der Waals surface area contributed by atoms with Gasteiger partial charge in [-0.25, -0.2) is 9.59 Å². The SMILES string of the molecule is Cc1cscc1C1=C(c2cscc2C)C(=O)OC1=O. The van der Waals surface area contributed by atoms with Gasteiger partial charge in [0.25, 0.3) is 0 Å². The zero-order chi connectivity index (χ0) is 13.6. The summed E-state index contributed by atoms with van der Waals surface area (Å²) in [6, 6.07) is 0. The maximum atomic E-state index is 12.0. The summed E-state index contributed by atoms with van der Waals surface area (Å²) in [5.41, 5.74) is 4.34. The van der Waals surface area contributed by atoms with Crippen LogP contribution in [0.5, 0.6) is 0 Å². The molecule has 3 nitrogen and oxygen atoms in total. The highest BCUT2D eigenvalue weighted by Crippen LogP contribution is 2.38. The van der Waals surface area contributed by atoms with E-state index < -0.39 is 11.9 Å². The first kappa shape index (κ1) is 12.3. The molecule has 0 bridgehead atoms. The fourth-order valence-corrected chi connectivity index (χ4v) is 3.79. The lowest BCUT2D eigenvalue weighted by Gasteiger charge is -2.01. The minimum Gasteiger partial charge on any atom is -0.386 e. The number of thiophene rings is 2. The number of carbonyl (C=O) groups is 2. The molecule has 1 aliphatic heterocycles. The number of rotatable bonds is 2. The van der Waals surface area contributed by atoms with Gasteiger partial charge in [-0.2, -0.15) is 22.7 Å². The van der Waals surface area contributed by atoms with Gasteiger partial charge in [-0.05, 0) is 46.5 Å². The fraction of sp³-hybridized carbons (Fsp3) is 0.143. The predicted molar refractivity (Wildman–Crippen MR) is 76.0 cm³/mol. The van der Waals surface area contributed by atoms with Crippen LogP contribution in [0.2, 0.25) is 0 Å². The Balaban J connectivity index is 2.29. The van der Waals surface area contributed by atoms with Gasteiger partial charge in [-0.3, -0.25) is 0 Å². The average Bonchev–Trinajstić information content (AvgIpc) is 3.00. The summed E-state index contributed by atoms with van der Waals surface area (Å²) in [7, 11) is 0. The van der Waals surface area contributed by atoms with Crippen LogP contribution >= 0.6 is 22.7 Å². The standard InChI is InChI=1S/C14H10O3S2/c1-7-3-18-5-9(7)11-12(14(16)17-13(11)15)10-6-19-4-8(10)2/h3-6H,1-2H3. The number of carbonyl (C=O) groups excluding carboxylic acids is 2. The van der Waals surface area contributed by atoms with Crippen LogP contribution in [0.15, 0.2) is 21.5 Å². The van der Waals surface area contributed by atoms with Crippen LogP contribution in [0.3, 0.4) is 0 Å². The number of hydrogen-bond donors (Lipinski definition) is 0. The van der Waals surface area contributed by atoms with Crippen LogP contribution < -0.4 is 0 Å². The van der Waals surface area contributed by atoms with E-state index in [2.05, 4.69) is 0 Å². The molecule has 0 unspecified atom stereocenters. The molecule has 0 aliphatic carbocycles. The molecule has 19 heavy (non-hydrogen) atoms. The van der Waals surface area contributed by atoms with Crippen LogP contribution in [-0.2, 0) is 14.3 Å². The van der Waals surface area contributed by atoms with Crippen molar-refractivity contribution in [1.29, 1.82) is 0 Å². The molecular formula is C14H10O3S2. The number of ether oxygens (including phenoxy) is 1. The maximum absolute atomic E-state index is 12.0. The van der Waals surface area contributed by atoms with Gasteiger partial charge in [0.1, 0.15) is 0 Å². The van der Waals surface area contributed by atoms with E-state index in [0.717, 1.165) is 22.3 Å². The minimum absolute atomic E-state index is 0.394. The van der Waals surface area contributed by atoms with E-state index in [0.29, 0.717) is 11.1 Å². The Bertz CT molecular complexity index is 658. The molecule has 0 fully saturated rings. The summed E-state index contributed by atoms with van der Waals surface area (Å²) in [6.45, 7) is 3.85. The third kappa shape index (κ3) is 1.86. The Morgan fingerprint density at radius 3 is 1.53 bits per heavy atom.